The molecule has 2 aliphatic rings. The van der Waals surface area contributed by atoms with E-state index in [1.54, 1.807) is 0 Å². The first-order valence-electron chi connectivity index (χ1n) is 6.00. The Labute approximate surface area is 109 Å². The van der Waals surface area contributed by atoms with Gasteiger partial charge in [0.25, 0.3) is 0 Å². The van der Waals surface area contributed by atoms with Gasteiger partial charge in [0.05, 0.1) is 6.54 Å². The zero-order chi connectivity index (χ0) is 11.7. The third-order valence-corrected chi connectivity index (χ3v) is 3.86. The maximum absolute atomic E-state index is 5.97. The standard InChI is InChI=1S/C13H15BrN2O/c14-11-3-1-9(2-4-11)12-8-16-13(17-12)10-5-6-15-7-10/h1-4,10,12,15H,5-8H2. The van der Waals surface area contributed by atoms with E-state index >= 15 is 0 Å². The van der Waals surface area contributed by atoms with Gasteiger partial charge in [-0.3, -0.25) is 4.99 Å². The van der Waals surface area contributed by atoms with Gasteiger partial charge < -0.3 is 10.1 Å². The van der Waals surface area contributed by atoms with Crippen LogP contribution in [0.2, 0.25) is 0 Å². The molecule has 3 rings (SSSR count). The summed E-state index contributed by atoms with van der Waals surface area (Å²) in [6.45, 7) is 2.84. The van der Waals surface area contributed by atoms with Crippen molar-refractivity contribution in [2.24, 2.45) is 10.9 Å². The van der Waals surface area contributed by atoms with Crippen LogP contribution < -0.4 is 5.32 Å². The fourth-order valence-corrected chi connectivity index (χ4v) is 2.60. The Balaban J connectivity index is 1.67. The Morgan fingerprint density at radius 2 is 2.12 bits per heavy atom. The van der Waals surface area contributed by atoms with Gasteiger partial charge >= 0.3 is 0 Å². The number of hydrogen-bond acceptors (Lipinski definition) is 3. The Morgan fingerprint density at radius 3 is 2.82 bits per heavy atom. The van der Waals surface area contributed by atoms with Gasteiger partial charge in [-0.25, -0.2) is 0 Å². The molecule has 1 saturated heterocycles. The highest BCUT2D eigenvalue weighted by molar-refractivity contribution is 9.10. The molecule has 0 radical (unpaired) electrons. The second-order valence-corrected chi connectivity index (χ2v) is 5.44. The van der Waals surface area contributed by atoms with Crippen molar-refractivity contribution in [1.82, 2.24) is 5.32 Å². The Morgan fingerprint density at radius 1 is 1.29 bits per heavy atom. The highest BCUT2D eigenvalue weighted by Gasteiger charge is 2.29. The highest BCUT2D eigenvalue weighted by atomic mass is 79.9. The van der Waals surface area contributed by atoms with Crippen LogP contribution in [-0.2, 0) is 4.74 Å². The third kappa shape index (κ3) is 2.38. The van der Waals surface area contributed by atoms with E-state index in [0.717, 1.165) is 36.4 Å². The van der Waals surface area contributed by atoms with Crippen LogP contribution in [-0.4, -0.2) is 25.5 Å². The number of hydrogen-bond donors (Lipinski definition) is 1. The minimum absolute atomic E-state index is 0.110. The fraction of sp³-hybridized carbons (Fsp3) is 0.462. The van der Waals surface area contributed by atoms with Crippen molar-refractivity contribution >= 4 is 21.8 Å². The summed E-state index contributed by atoms with van der Waals surface area (Å²) >= 11 is 3.44. The number of aliphatic imine (C=N–C) groups is 1. The molecule has 0 aliphatic carbocycles. The summed E-state index contributed by atoms with van der Waals surface area (Å²) in [6.07, 6.45) is 1.25. The molecule has 3 nitrogen and oxygen atoms in total. The van der Waals surface area contributed by atoms with E-state index in [2.05, 4.69) is 38.4 Å². The van der Waals surface area contributed by atoms with Crippen LogP contribution >= 0.6 is 15.9 Å². The second kappa shape index (κ2) is 4.78. The monoisotopic (exact) mass is 294 g/mol. The largest absolute Gasteiger partial charge is 0.471 e. The highest BCUT2D eigenvalue weighted by Crippen LogP contribution is 2.27. The lowest BCUT2D eigenvalue weighted by atomic mass is 10.1. The van der Waals surface area contributed by atoms with E-state index in [1.807, 2.05) is 12.1 Å². The van der Waals surface area contributed by atoms with Gasteiger partial charge in [-0.05, 0) is 30.7 Å². The lowest BCUT2D eigenvalue weighted by Gasteiger charge is -2.14. The van der Waals surface area contributed by atoms with E-state index in [4.69, 9.17) is 4.74 Å². The second-order valence-electron chi connectivity index (χ2n) is 4.53. The Kier molecular flexibility index (Phi) is 3.16. The molecule has 17 heavy (non-hydrogen) atoms. The molecule has 2 aliphatic heterocycles. The van der Waals surface area contributed by atoms with Crippen LogP contribution in [0.25, 0.3) is 0 Å². The van der Waals surface area contributed by atoms with E-state index in [0.29, 0.717) is 5.92 Å². The van der Waals surface area contributed by atoms with Crippen molar-refractivity contribution in [3.8, 4) is 0 Å². The lowest BCUT2D eigenvalue weighted by Crippen LogP contribution is -2.18. The smallest absolute Gasteiger partial charge is 0.188 e. The lowest BCUT2D eigenvalue weighted by molar-refractivity contribution is 0.216. The summed E-state index contributed by atoms with van der Waals surface area (Å²) in [4.78, 5) is 4.54. The molecule has 0 saturated carbocycles. The van der Waals surface area contributed by atoms with Crippen LogP contribution in [0, 0.1) is 5.92 Å². The summed E-state index contributed by atoms with van der Waals surface area (Å²) in [5.74, 6) is 1.43. The Bertz CT molecular complexity index is 424. The molecule has 1 aromatic rings. The molecule has 1 fully saturated rings. The van der Waals surface area contributed by atoms with Crippen LogP contribution in [0.4, 0.5) is 0 Å². The minimum atomic E-state index is 0.110. The van der Waals surface area contributed by atoms with Gasteiger partial charge in [0.15, 0.2) is 5.90 Å². The predicted octanol–water partition coefficient (Wildman–Crippen LogP) is 2.53. The molecular formula is C13H15BrN2O. The maximum Gasteiger partial charge on any atom is 0.188 e. The number of rotatable bonds is 2. The van der Waals surface area contributed by atoms with Crippen molar-refractivity contribution < 1.29 is 4.74 Å². The van der Waals surface area contributed by atoms with E-state index < -0.39 is 0 Å². The molecule has 4 heteroatoms. The topological polar surface area (TPSA) is 33.6 Å². The molecule has 0 aromatic heterocycles. The third-order valence-electron chi connectivity index (χ3n) is 3.33. The minimum Gasteiger partial charge on any atom is -0.471 e. The van der Waals surface area contributed by atoms with Crippen LogP contribution in [0.15, 0.2) is 33.7 Å². The van der Waals surface area contributed by atoms with Crippen LogP contribution in [0.3, 0.4) is 0 Å². The zero-order valence-corrected chi connectivity index (χ0v) is 11.1. The van der Waals surface area contributed by atoms with Crippen molar-refractivity contribution in [3.63, 3.8) is 0 Å². The van der Waals surface area contributed by atoms with E-state index in [9.17, 15) is 0 Å². The summed E-state index contributed by atoms with van der Waals surface area (Å²) in [6, 6.07) is 8.29. The number of nitrogens with one attached hydrogen (secondary N) is 1. The van der Waals surface area contributed by atoms with E-state index in [1.165, 1.54) is 5.56 Å². The van der Waals surface area contributed by atoms with Crippen LogP contribution in [0.5, 0.6) is 0 Å². The molecule has 1 aromatic carbocycles. The summed E-state index contributed by atoms with van der Waals surface area (Å²) in [5, 5.41) is 3.34. The predicted molar refractivity (Wildman–Crippen MR) is 71.2 cm³/mol. The van der Waals surface area contributed by atoms with E-state index in [-0.39, 0.29) is 6.10 Å². The number of benzene rings is 1. The van der Waals surface area contributed by atoms with Crippen molar-refractivity contribution in [1.29, 1.82) is 0 Å². The first-order valence-corrected chi connectivity index (χ1v) is 6.79. The average molecular weight is 295 g/mol. The van der Waals surface area contributed by atoms with Gasteiger partial charge in [-0.2, -0.15) is 0 Å². The molecule has 1 N–H and O–H groups in total. The maximum atomic E-state index is 5.97. The number of nitrogens with zero attached hydrogens (tertiary/aromatic N) is 1. The number of halogens is 1. The molecular weight excluding hydrogens is 280 g/mol. The zero-order valence-electron chi connectivity index (χ0n) is 9.53. The van der Waals surface area contributed by atoms with Gasteiger partial charge in [0, 0.05) is 16.9 Å². The van der Waals surface area contributed by atoms with Crippen LogP contribution in [0.1, 0.15) is 18.1 Å². The fourth-order valence-electron chi connectivity index (χ4n) is 2.33. The van der Waals surface area contributed by atoms with Crippen molar-refractivity contribution in [2.45, 2.75) is 12.5 Å². The summed E-state index contributed by atoms with van der Waals surface area (Å²) in [5.41, 5.74) is 1.21. The molecule has 2 heterocycles. The summed E-state index contributed by atoms with van der Waals surface area (Å²) < 4.78 is 7.06. The van der Waals surface area contributed by atoms with Gasteiger partial charge in [0.2, 0.25) is 0 Å². The summed E-state index contributed by atoms with van der Waals surface area (Å²) in [7, 11) is 0. The van der Waals surface area contributed by atoms with Gasteiger partial charge in [0.1, 0.15) is 6.10 Å². The molecule has 0 amide bonds. The number of ether oxygens (including phenoxy) is 1. The Hall–Kier alpha value is -0.870. The quantitative estimate of drug-likeness (QED) is 0.909. The average Bonchev–Trinajstić information content (AvgIpc) is 3.00. The first-order chi connectivity index (χ1) is 8.33. The normalized spacial score (nSPS) is 27.9. The molecule has 0 bridgehead atoms. The molecule has 0 spiro atoms. The van der Waals surface area contributed by atoms with Gasteiger partial charge in [-0.1, -0.05) is 28.1 Å². The molecule has 2 unspecified atom stereocenters. The van der Waals surface area contributed by atoms with Crippen molar-refractivity contribution in [3.05, 3.63) is 34.3 Å². The van der Waals surface area contributed by atoms with Crippen molar-refractivity contribution in [2.75, 3.05) is 19.6 Å². The molecule has 2 atom stereocenters. The molecule has 90 valence electrons. The van der Waals surface area contributed by atoms with Gasteiger partial charge in [-0.15, -0.1) is 0 Å². The first kappa shape index (κ1) is 11.2. The SMILES string of the molecule is Brc1ccc(C2CN=C(C3CCNC3)O2)cc1.